The lowest BCUT2D eigenvalue weighted by Gasteiger charge is -2.21. The van der Waals surface area contributed by atoms with E-state index in [0.717, 1.165) is 19.4 Å². The highest BCUT2D eigenvalue weighted by molar-refractivity contribution is 7.89. The molecule has 1 saturated heterocycles. The molecule has 0 bridgehead atoms. The number of hydrogen-bond donors (Lipinski definition) is 1. The van der Waals surface area contributed by atoms with Crippen LogP contribution in [0.5, 0.6) is 0 Å². The first-order chi connectivity index (χ1) is 8.30. The summed E-state index contributed by atoms with van der Waals surface area (Å²) in [5.74, 6) is -0.141. The van der Waals surface area contributed by atoms with E-state index in [-0.39, 0.29) is 16.8 Å². The van der Waals surface area contributed by atoms with Gasteiger partial charge in [-0.15, -0.1) is 0 Å². The van der Waals surface area contributed by atoms with Crippen LogP contribution in [0.1, 0.15) is 30.3 Å². The highest BCUT2D eigenvalue weighted by Gasteiger charge is 2.28. The Kier molecular flexibility index (Phi) is 3.20. The van der Waals surface area contributed by atoms with E-state index in [1.165, 1.54) is 16.8 Å². The number of carbonyl (C=O) groups excluding carboxylic acids is 1. The van der Waals surface area contributed by atoms with Crippen LogP contribution in [0.25, 0.3) is 0 Å². The second-order valence-corrected chi connectivity index (χ2v) is 6.27. The molecule has 1 aliphatic heterocycles. The molecule has 6 nitrogen and oxygen atoms in total. The molecule has 0 spiro atoms. The fourth-order valence-corrected chi connectivity index (χ4v) is 2.87. The van der Waals surface area contributed by atoms with Gasteiger partial charge in [0.05, 0.1) is 0 Å². The monoisotopic (exact) mass is 271 g/mol. The average molecular weight is 271 g/mol. The summed E-state index contributed by atoms with van der Waals surface area (Å²) in [7, 11) is -2.13. The molecule has 0 saturated carbocycles. The molecule has 1 fully saturated rings. The van der Waals surface area contributed by atoms with Crippen molar-refractivity contribution in [2.75, 3.05) is 6.54 Å². The van der Waals surface area contributed by atoms with E-state index in [9.17, 15) is 13.2 Å². The molecule has 2 rings (SSSR count). The molecule has 2 N–H and O–H groups in total. The van der Waals surface area contributed by atoms with E-state index in [1.807, 2.05) is 6.92 Å². The number of carbonyl (C=O) groups is 1. The molecule has 100 valence electrons. The van der Waals surface area contributed by atoms with Gasteiger partial charge in [0.2, 0.25) is 10.0 Å². The van der Waals surface area contributed by atoms with Gasteiger partial charge in [0, 0.05) is 25.8 Å². The molecule has 0 aliphatic carbocycles. The van der Waals surface area contributed by atoms with Crippen molar-refractivity contribution in [3.05, 3.63) is 18.0 Å². The van der Waals surface area contributed by atoms with Gasteiger partial charge in [-0.1, -0.05) is 0 Å². The summed E-state index contributed by atoms with van der Waals surface area (Å²) in [6.07, 6.45) is 3.33. The van der Waals surface area contributed by atoms with Crippen molar-refractivity contribution in [3.8, 4) is 0 Å². The molecule has 1 atom stereocenters. The van der Waals surface area contributed by atoms with Gasteiger partial charge >= 0.3 is 0 Å². The van der Waals surface area contributed by atoms with Gasteiger partial charge in [-0.3, -0.25) is 4.79 Å². The maximum Gasteiger partial charge on any atom is 0.270 e. The second kappa shape index (κ2) is 4.40. The minimum absolute atomic E-state index is 0.0276. The van der Waals surface area contributed by atoms with Crippen LogP contribution >= 0.6 is 0 Å². The number of aromatic nitrogens is 1. The Bertz CT molecular complexity index is 576. The maximum atomic E-state index is 12.3. The molecule has 1 aliphatic rings. The zero-order chi connectivity index (χ0) is 13.5. The summed E-state index contributed by atoms with van der Waals surface area (Å²) in [6.45, 7) is 2.71. The van der Waals surface area contributed by atoms with E-state index in [0.29, 0.717) is 5.69 Å². The third-order valence-corrected chi connectivity index (χ3v) is 4.22. The van der Waals surface area contributed by atoms with Crippen molar-refractivity contribution in [1.82, 2.24) is 9.47 Å². The largest absolute Gasteiger partial charge is 0.345 e. The number of hydrogen-bond acceptors (Lipinski definition) is 3. The van der Waals surface area contributed by atoms with Gasteiger partial charge in [-0.2, -0.15) is 0 Å². The van der Waals surface area contributed by atoms with Crippen molar-refractivity contribution in [2.24, 2.45) is 12.2 Å². The molecule has 0 radical (unpaired) electrons. The highest BCUT2D eigenvalue weighted by Crippen LogP contribution is 2.21. The number of nitrogens with zero attached hydrogens (tertiary/aromatic N) is 2. The lowest BCUT2D eigenvalue weighted by Crippen LogP contribution is -2.34. The Morgan fingerprint density at radius 3 is 2.61 bits per heavy atom. The first kappa shape index (κ1) is 13.1. The van der Waals surface area contributed by atoms with Crippen molar-refractivity contribution in [1.29, 1.82) is 0 Å². The van der Waals surface area contributed by atoms with E-state index < -0.39 is 10.0 Å². The van der Waals surface area contributed by atoms with E-state index in [2.05, 4.69) is 0 Å². The number of aryl methyl sites for hydroxylation is 1. The Hall–Kier alpha value is -1.34. The standard InChI is InChI=1S/C11H17N3O3S/c1-8-4-3-5-14(8)11(15)10-6-9(7-13(10)2)18(12,16)17/h6-8H,3-5H2,1-2H3,(H2,12,16,17). The van der Waals surface area contributed by atoms with E-state index in [1.54, 1.807) is 11.9 Å². The van der Waals surface area contributed by atoms with Gasteiger partial charge in [-0.25, -0.2) is 13.6 Å². The van der Waals surface area contributed by atoms with Gasteiger partial charge in [0.1, 0.15) is 10.6 Å². The second-order valence-electron chi connectivity index (χ2n) is 4.71. The summed E-state index contributed by atoms with van der Waals surface area (Å²) < 4.78 is 24.0. The van der Waals surface area contributed by atoms with Gasteiger partial charge in [0.25, 0.3) is 5.91 Å². The van der Waals surface area contributed by atoms with Crippen molar-refractivity contribution in [3.63, 3.8) is 0 Å². The van der Waals surface area contributed by atoms with Crippen LogP contribution in [-0.4, -0.2) is 36.4 Å². The fraction of sp³-hybridized carbons (Fsp3) is 0.545. The van der Waals surface area contributed by atoms with Crippen molar-refractivity contribution in [2.45, 2.75) is 30.7 Å². The number of nitrogens with two attached hydrogens (primary N) is 1. The average Bonchev–Trinajstić information content (AvgIpc) is 2.82. The normalized spacial score (nSPS) is 20.4. The molecule has 1 aromatic heterocycles. The van der Waals surface area contributed by atoms with Gasteiger partial charge < -0.3 is 9.47 Å². The van der Waals surface area contributed by atoms with E-state index in [4.69, 9.17) is 5.14 Å². The molecular formula is C11H17N3O3S. The van der Waals surface area contributed by atoms with Crippen LogP contribution in [0.3, 0.4) is 0 Å². The van der Waals surface area contributed by atoms with Crippen molar-refractivity contribution >= 4 is 15.9 Å². The summed E-state index contributed by atoms with van der Waals surface area (Å²) in [5, 5.41) is 5.05. The predicted molar refractivity (Wildman–Crippen MR) is 66.5 cm³/mol. The quantitative estimate of drug-likeness (QED) is 0.839. The smallest absolute Gasteiger partial charge is 0.270 e. The maximum absolute atomic E-state index is 12.3. The molecular weight excluding hydrogens is 254 g/mol. The van der Waals surface area contributed by atoms with Crippen LogP contribution in [0, 0.1) is 0 Å². The first-order valence-corrected chi connectivity index (χ1v) is 7.35. The Labute approximate surface area is 106 Å². The van der Waals surface area contributed by atoms with Crippen LogP contribution in [-0.2, 0) is 17.1 Å². The molecule has 18 heavy (non-hydrogen) atoms. The topological polar surface area (TPSA) is 85.4 Å². The summed E-state index contributed by atoms with van der Waals surface area (Å²) >= 11 is 0. The molecule has 7 heteroatoms. The third kappa shape index (κ3) is 2.28. The Balaban J connectivity index is 2.34. The van der Waals surface area contributed by atoms with Crippen molar-refractivity contribution < 1.29 is 13.2 Å². The molecule has 2 heterocycles. The summed E-state index contributed by atoms with van der Waals surface area (Å²) in [6, 6.07) is 1.54. The lowest BCUT2D eigenvalue weighted by atomic mass is 10.2. The molecule has 1 unspecified atom stereocenters. The number of rotatable bonds is 2. The molecule has 1 aromatic rings. The van der Waals surface area contributed by atoms with Crippen LogP contribution in [0.15, 0.2) is 17.2 Å². The summed E-state index contributed by atoms with van der Waals surface area (Å²) in [4.78, 5) is 14.0. The number of likely N-dealkylation sites (tertiary alicyclic amines) is 1. The zero-order valence-electron chi connectivity index (χ0n) is 10.5. The Morgan fingerprint density at radius 1 is 1.50 bits per heavy atom. The molecule has 1 amide bonds. The first-order valence-electron chi connectivity index (χ1n) is 5.81. The SMILES string of the molecule is CC1CCCN1C(=O)c1cc(S(N)(=O)=O)cn1C. The summed E-state index contributed by atoms with van der Waals surface area (Å²) in [5.41, 5.74) is 0.354. The number of sulfonamides is 1. The van der Waals surface area contributed by atoms with Crippen LogP contribution in [0.4, 0.5) is 0 Å². The van der Waals surface area contributed by atoms with Gasteiger partial charge in [0.15, 0.2) is 0 Å². The fourth-order valence-electron chi connectivity index (χ4n) is 2.28. The third-order valence-electron chi connectivity index (χ3n) is 3.34. The number of amides is 1. The lowest BCUT2D eigenvalue weighted by molar-refractivity contribution is 0.0738. The molecule has 0 aromatic carbocycles. The van der Waals surface area contributed by atoms with Gasteiger partial charge in [-0.05, 0) is 25.8 Å². The zero-order valence-corrected chi connectivity index (χ0v) is 11.3. The van der Waals surface area contributed by atoms with Crippen LogP contribution in [0.2, 0.25) is 0 Å². The Morgan fingerprint density at radius 2 is 2.17 bits per heavy atom. The predicted octanol–water partition coefficient (Wildman–Crippen LogP) is 0.297. The number of primary sulfonamides is 1. The minimum atomic E-state index is -3.77. The van der Waals surface area contributed by atoms with Crippen LogP contribution < -0.4 is 5.14 Å². The van der Waals surface area contributed by atoms with E-state index >= 15 is 0 Å². The highest BCUT2D eigenvalue weighted by atomic mass is 32.2. The minimum Gasteiger partial charge on any atom is -0.345 e.